The van der Waals surface area contributed by atoms with Crippen LogP contribution in [0.1, 0.15) is 12.7 Å². The summed E-state index contributed by atoms with van der Waals surface area (Å²) in [7, 11) is 0. The number of aromatic nitrogens is 4. The number of nitrogens with one attached hydrogen (secondary N) is 1. The predicted octanol–water partition coefficient (Wildman–Crippen LogP) is 4.67. The van der Waals surface area contributed by atoms with E-state index < -0.39 is 0 Å². The number of aromatic amines is 1. The second-order valence-corrected chi connectivity index (χ2v) is 8.76. The maximum Gasteiger partial charge on any atom is 0.262 e. The van der Waals surface area contributed by atoms with Crippen molar-refractivity contribution in [1.82, 2.24) is 19.5 Å². The van der Waals surface area contributed by atoms with Crippen molar-refractivity contribution in [2.75, 3.05) is 0 Å². The van der Waals surface area contributed by atoms with E-state index in [1.54, 1.807) is 10.6 Å². The molecule has 0 spiro atoms. The van der Waals surface area contributed by atoms with Crippen molar-refractivity contribution in [2.45, 2.75) is 24.4 Å². The van der Waals surface area contributed by atoms with Crippen LogP contribution in [0.3, 0.4) is 0 Å². The van der Waals surface area contributed by atoms with E-state index in [1.807, 2.05) is 60.8 Å². The minimum atomic E-state index is -0.153. The predicted molar refractivity (Wildman–Crippen MR) is 127 cm³/mol. The van der Waals surface area contributed by atoms with Crippen LogP contribution in [0.5, 0.6) is 0 Å². The molecule has 0 amide bonds. The van der Waals surface area contributed by atoms with Crippen molar-refractivity contribution in [3.05, 3.63) is 86.5 Å². The third kappa shape index (κ3) is 3.58. The lowest BCUT2D eigenvalue weighted by atomic mass is 10.1. The van der Waals surface area contributed by atoms with Gasteiger partial charge in [0.2, 0.25) is 0 Å². The Bertz CT molecular complexity index is 1520. The van der Waals surface area contributed by atoms with E-state index in [0.717, 1.165) is 11.1 Å². The van der Waals surface area contributed by atoms with Crippen molar-refractivity contribution in [3.8, 4) is 11.1 Å². The Morgan fingerprint density at radius 3 is 2.61 bits per heavy atom. The molecule has 0 saturated heterocycles. The highest BCUT2D eigenvalue weighted by molar-refractivity contribution is 7.98. The Morgan fingerprint density at radius 2 is 1.81 bits per heavy atom. The van der Waals surface area contributed by atoms with Crippen LogP contribution in [0.25, 0.3) is 32.2 Å². The minimum Gasteiger partial charge on any atom is -0.309 e. The molecule has 6 nitrogen and oxygen atoms in total. The second kappa shape index (κ2) is 8.13. The molecule has 2 aromatic carbocycles. The van der Waals surface area contributed by atoms with Crippen molar-refractivity contribution in [1.29, 1.82) is 0 Å². The fourth-order valence-corrected chi connectivity index (χ4v) is 5.46. The molecule has 0 fully saturated rings. The van der Waals surface area contributed by atoms with E-state index in [2.05, 4.69) is 15.0 Å². The van der Waals surface area contributed by atoms with Crippen molar-refractivity contribution < 1.29 is 0 Å². The second-order valence-electron chi connectivity index (χ2n) is 6.96. The van der Waals surface area contributed by atoms with Gasteiger partial charge in [-0.1, -0.05) is 54.2 Å². The fraction of sp³-hybridized carbons (Fsp3) is 0.130. The van der Waals surface area contributed by atoms with E-state index >= 15 is 0 Å². The van der Waals surface area contributed by atoms with E-state index in [-0.39, 0.29) is 11.1 Å². The summed E-state index contributed by atoms with van der Waals surface area (Å²) >= 11 is 2.86. The molecule has 5 aromatic rings. The van der Waals surface area contributed by atoms with E-state index in [9.17, 15) is 9.59 Å². The molecule has 3 heterocycles. The summed E-state index contributed by atoms with van der Waals surface area (Å²) in [5, 5.41) is 3.80. The molecule has 8 heteroatoms. The molecule has 0 saturated carbocycles. The first kappa shape index (κ1) is 19.7. The number of H-pyrrole nitrogens is 1. The van der Waals surface area contributed by atoms with Crippen LogP contribution in [0.4, 0.5) is 0 Å². The molecular weight excluding hydrogens is 428 g/mol. The zero-order chi connectivity index (χ0) is 21.4. The highest BCUT2D eigenvalue weighted by Crippen LogP contribution is 2.31. The lowest BCUT2D eigenvalue weighted by Crippen LogP contribution is -2.22. The van der Waals surface area contributed by atoms with Gasteiger partial charge in [0, 0.05) is 17.5 Å². The summed E-state index contributed by atoms with van der Waals surface area (Å²) in [5.41, 5.74) is 2.35. The maximum atomic E-state index is 12.8. The number of para-hydroxylation sites is 1. The topological polar surface area (TPSA) is 80.6 Å². The molecule has 31 heavy (non-hydrogen) atoms. The number of thioether (sulfide) groups is 1. The van der Waals surface area contributed by atoms with Crippen LogP contribution >= 0.6 is 23.1 Å². The summed E-state index contributed by atoms with van der Waals surface area (Å²) in [5.74, 6) is 0.975. The molecule has 0 bridgehead atoms. The van der Waals surface area contributed by atoms with Gasteiger partial charge in [-0.05, 0) is 24.6 Å². The fourth-order valence-electron chi connectivity index (χ4n) is 3.56. The first-order valence-corrected chi connectivity index (χ1v) is 11.7. The summed E-state index contributed by atoms with van der Waals surface area (Å²) in [6.45, 7) is 2.44. The molecule has 0 unspecified atom stereocenters. The van der Waals surface area contributed by atoms with Gasteiger partial charge in [-0.15, -0.1) is 11.3 Å². The number of rotatable bonds is 5. The van der Waals surface area contributed by atoms with Crippen LogP contribution in [0.15, 0.2) is 74.7 Å². The number of nitrogens with zero attached hydrogens (tertiary/aromatic N) is 3. The van der Waals surface area contributed by atoms with Gasteiger partial charge in [-0.25, -0.2) is 9.97 Å². The number of thiophene rings is 1. The normalized spacial score (nSPS) is 11.4. The quantitative estimate of drug-likeness (QED) is 0.313. The average molecular weight is 447 g/mol. The van der Waals surface area contributed by atoms with Crippen LogP contribution in [-0.2, 0) is 12.3 Å². The summed E-state index contributed by atoms with van der Waals surface area (Å²) in [6, 6.07) is 17.2. The highest BCUT2D eigenvalue weighted by atomic mass is 32.2. The summed E-state index contributed by atoms with van der Waals surface area (Å²) in [6.07, 6.45) is 0. The molecule has 5 rings (SSSR count). The van der Waals surface area contributed by atoms with Gasteiger partial charge in [0.25, 0.3) is 11.1 Å². The minimum absolute atomic E-state index is 0.0572. The van der Waals surface area contributed by atoms with E-state index in [4.69, 9.17) is 0 Å². The Balaban J connectivity index is 1.50. The summed E-state index contributed by atoms with van der Waals surface area (Å²) in [4.78, 5) is 38.6. The van der Waals surface area contributed by atoms with Crippen molar-refractivity contribution >= 4 is 44.2 Å². The first-order chi connectivity index (χ1) is 15.2. The van der Waals surface area contributed by atoms with Gasteiger partial charge in [-0.2, -0.15) is 0 Å². The number of hydrogen-bond acceptors (Lipinski definition) is 6. The van der Waals surface area contributed by atoms with Gasteiger partial charge in [0.05, 0.1) is 22.0 Å². The monoisotopic (exact) mass is 446 g/mol. The van der Waals surface area contributed by atoms with E-state index in [1.165, 1.54) is 23.1 Å². The SMILES string of the molecule is CCn1c(SCc2nc3scc(-c4ccccc4)c3c(=O)[nH]2)nc2ccccc2c1=O. The van der Waals surface area contributed by atoms with Gasteiger partial charge in [0.1, 0.15) is 10.7 Å². The van der Waals surface area contributed by atoms with Crippen LogP contribution in [0, 0.1) is 0 Å². The molecule has 0 atom stereocenters. The largest absolute Gasteiger partial charge is 0.309 e. The Kier molecular flexibility index (Phi) is 5.17. The van der Waals surface area contributed by atoms with Crippen LogP contribution < -0.4 is 11.1 Å². The molecular formula is C23H18N4O2S2. The smallest absolute Gasteiger partial charge is 0.262 e. The van der Waals surface area contributed by atoms with Crippen LogP contribution in [0.2, 0.25) is 0 Å². The maximum absolute atomic E-state index is 12.8. The molecule has 0 radical (unpaired) electrons. The third-order valence-electron chi connectivity index (χ3n) is 5.06. The Hall–Kier alpha value is -3.23. The molecule has 154 valence electrons. The zero-order valence-corrected chi connectivity index (χ0v) is 18.3. The lowest BCUT2D eigenvalue weighted by Gasteiger charge is -2.11. The molecule has 0 aliphatic carbocycles. The number of fused-ring (bicyclic) bond motifs is 2. The van der Waals surface area contributed by atoms with Gasteiger partial charge >= 0.3 is 0 Å². The molecule has 1 N–H and O–H groups in total. The third-order valence-corrected chi connectivity index (χ3v) is 6.92. The molecule has 0 aliphatic heterocycles. The molecule has 0 aliphatic rings. The van der Waals surface area contributed by atoms with Gasteiger partial charge < -0.3 is 4.98 Å². The van der Waals surface area contributed by atoms with Crippen LogP contribution in [-0.4, -0.2) is 19.5 Å². The lowest BCUT2D eigenvalue weighted by molar-refractivity contribution is 0.634. The average Bonchev–Trinajstić information content (AvgIpc) is 3.23. The Morgan fingerprint density at radius 1 is 1.03 bits per heavy atom. The molecule has 3 aromatic heterocycles. The number of benzene rings is 2. The standard InChI is InChI=1S/C23H18N4O2S2/c1-2-27-22(29)15-10-6-7-11-17(15)24-23(27)31-13-18-25-20(28)19-16(12-30-21(19)26-18)14-8-4-3-5-9-14/h3-12H,2,13H2,1H3,(H,25,26,28). The zero-order valence-electron chi connectivity index (χ0n) is 16.7. The number of hydrogen-bond donors (Lipinski definition) is 1. The van der Waals surface area contributed by atoms with Crippen molar-refractivity contribution in [2.24, 2.45) is 0 Å². The Labute approximate surface area is 185 Å². The highest BCUT2D eigenvalue weighted by Gasteiger charge is 2.15. The van der Waals surface area contributed by atoms with Crippen molar-refractivity contribution in [3.63, 3.8) is 0 Å². The van der Waals surface area contributed by atoms with Gasteiger partial charge in [-0.3, -0.25) is 14.2 Å². The first-order valence-electron chi connectivity index (χ1n) is 9.84. The summed E-state index contributed by atoms with van der Waals surface area (Å²) < 4.78 is 1.66. The van der Waals surface area contributed by atoms with E-state index in [0.29, 0.717) is 44.4 Å². The van der Waals surface area contributed by atoms with Gasteiger partial charge in [0.15, 0.2) is 5.16 Å².